The molecule has 2 atom stereocenters. The minimum atomic E-state index is -0.297. The highest BCUT2D eigenvalue weighted by Gasteiger charge is 2.32. The summed E-state index contributed by atoms with van der Waals surface area (Å²) >= 11 is 0. The van der Waals surface area contributed by atoms with Crippen molar-refractivity contribution in [2.75, 3.05) is 13.1 Å². The maximum absolute atomic E-state index is 13.0. The molecule has 1 saturated heterocycles. The zero-order chi connectivity index (χ0) is 22.4. The van der Waals surface area contributed by atoms with Crippen LogP contribution in [0.5, 0.6) is 11.5 Å². The van der Waals surface area contributed by atoms with Crippen LogP contribution < -0.4 is 4.74 Å². The van der Waals surface area contributed by atoms with E-state index in [2.05, 4.69) is 33.4 Å². The predicted molar refractivity (Wildman–Crippen MR) is 127 cm³/mol. The summed E-state index contributed by atoms with van der Waals surface area (Å²) in [5.41, 5.74) is 4.17. The van der Waals surface area contributed by atoms with Gasteiger partial charge in [0.15, 0.2) is 0 Å². The summed E-state index contributed by atoms with van der Waals surface area (Å²) in [4.78, 5) is 14.8. The number of unbranched alkanes of at least 4 members (excludes halogenated alkanes) is 2. The quantitative estimate of drug-likeness (QED) is 0.373. The molecule has 1 fully saturated rings. The summed E-state index contributed by atoms with van der Waals surface area (Å²) in [5.74, 6) is 0.954. The normalized spacial score (nSPS) is 21.5. The lowest BCUT2D eigenvalue weighted by Gasteiger charge is -2.32. The summed E-state index contributed by atoms with van der Waals surface area (Å²) in [5, 5.41) is 11.1. The van der Waals surface area contributed by atoms with Crippen LogP contribution in [0, 0.1) is 5.92 Å². The maximum Gasteiger partial charge on any atom is 0.415 e. The molecule has 1 amide bonds. The average molecular weight is 426 g/mol. The second kappa shape index (κ2) is 10.9. The summed E-state index contributed by atoms with van der Waals surface area (Å²) in [6.45, 7) is 12.1. The van der Waals surface area contributed by atoms with E-state index in [1.54, 1.807) is 4.90 Å². The van der Waals surface area contributed by atoms with E-state index in [1.807, 2.05) is 12.1 Å². The van der Waals surface area contributed by atoms with Gasteiger partial charge in [0.2, 0.25) is 0 Å². The number of benzene rings is 1. The summed E-state index contributed by atoms with van der Waals surface area (Å²) in [6, 6.07) is 3.86. The lowest BCUT2D eigenvalue weighted by molar-refractivity contribution is 0.142. The van der Waals surface area contributed by atoms with E-state index in [-0.39, 0.29) is 23.7 Å². The van der Waals surface area contributed by atoms with Gasteiger partial charge in [0.25, 0.3) is 0 Å². The summed E-state index contributed by atoms with van der Waals surface area (Å²) < 4.78 is 6.00. The van der Waals surface area contributed by atoms with Crippen molar-refractivity contribution in [2.45, 2.75) is 84.5 Å². The Morgan fingerprint density at radius 1 is 1.23 bits per heavy atom. The van der Waals surface area contributed by atoms with Gasteiger partial charge in [-0.1, -0.05) is 43.6 Å². The number of ether oxygens (including phenoxy) is 1. The fourth-order valence-electron chi connectivity index (χ4n) is 4.95. The first kappa shape index (κ1) is 23.4. The highest BCUT2D eigenvalue weighted by atomic mass is 16.6. The third-order valence-corrected chi connectivity index (χ3v) is 6.77. The van der Waals surface area contributed by atoms with E-state index in [1.165, 1.54) is 5.57 Å². The van der Waals surface area contributed by atoms with Crippen molar-refractivity contribution in [3.05, 3.63) is 47.1 Å². The molecule has 4 heteroatoms. The standard InChI is InChI=1S/C27H39NO3/c1-5-6-8-11-21-17-24(29)26(23-16-20(4)12-13-22(23)19(2)3)25(18-21)31-27(30)28-14-9-7-10-15-28/h16-18,22-23,29H,2,5-15H2,1,3-4H3/t22-,23+/m0/s1. The molecule has 4 nitrogen and oxygen atoms in total. The molecule has 0 unspecified atom stereocenters. The van der Waals surface area contributed by atoms with Crippen LogP contribution in [0.4, 0.5) is 4.79 Å². The number of rotatable bonds is 7. The second-order valence-electron chi connectivity index (χ2n) is 9.43. The number of piperidine rings is 1. The van der Waals surface area contributed by atoms with Crippen LogP contribution in [0.1, 0.15) is 89.2 Å². The van der Waals surface area contributed by atoms with Crippen molar-refractivity contribution >= 4 is 6.09 Å². The monoisotopic (exact) mass is 425 g/mol. The van der Waals surface area contributed by atoms with Gasteiger partial charge in [-0.25, -0.2) is 4.79 Å². The lowest BCUT2D eigenvalue weighted by Crippen LogP contribution is -2.37. The van der Waals surface area contributed by atoms with Crippen molar-refractivity contribution in [2.24, 2.45) is 5.92 Å². The van der Waals surface area contributed by atoms with Gasteiger partial charge in [0, 0.05) is 24.6 Å². The van der Waals surface area contributed by atoms with Gasteiger partial charge in [0.05, 0.1) is 0 Å². The number of nitrogens with zero attached hydrogens (tertiary/aromatic N) is 1. The molecule has 31 heavy (non-hydrogen) atoms. The third kappa shape index (κ3) is 5.93. The number of carbonyl (C=O) groups excluding carboxylic acids is 1. The Morgan fingerprint density at radius 3 is 2.65 bits per heavy atom. The van der Waals surface area contributed by atoms with Crippen molar-refractivity contribution < 1.29 is 14.6 Å². The van der Waals surface area contributed by atoms with Crippen LogP contribution in [0.3, 0.4) is 0 Å². The van der Waals surface area contributed by atoms with E-state index in [0.29, 0.717) is 5.75 Å². The molecule has 2 aliphatic rings. The Kier molecular flexibility index (Phi) is 8.22. The number of likely N-dealkylation sites (tertiary alicyclic amines) is 1. The molecule has 1 aliphatic carbocycles. The maximum atomic E-state index is 13.0. The first-order valence-electron chi connectivity index (χ1n) is 12.1. The number of aryl methyl sites for hydroxylation is 1. The topological polar surface area (TPSA) is 49.8 Å². The highest BCUT2D eigenvalue weighted by Crippen LogP contribution is 2.47. The van der Waals surface area contributed by atoms with Crippen LogP contribution in [-0.4, -0.2) is 29.2 Å². The smallest absolute Gasteiger partial charge is 0.415 e. The molecule has 170 valence electrons. The molecule has 0 spiro atoms. The minimum Gasteiger partial charge on any atom is -0.507 e. The predicted octanol–water partition coefficient (Wildman–Crippen LogP) is 7.13. The number of phenolic OH excluding ortho intramolecular Hbond substituents is 1. The number of allylic oxidation sites excluding steroid dienone is 3. The molecule has 1 heterocycles. The van der Waals surface area contributed by atoms with E-state index >= 15 is 0 Å². The number of phenols is 1. The van der Waals surface area contributed by atoms with Gasteiger partial charge in [0.1, 0.15) is 11.5 Å². The van der Waals surface area contributed by atoms with Crippen LogP contribution in [0.25, 0.3) is 0 Å². The van der Waals surface area contributed by atoms with Gasteiger partial charge in [-0.2, -0.15) is 0 Å². The fraction of sp³-hybridized carbons (Fsp3) is 0.593. The third-order valence-electron chi connectivity index (χ3n) is 6.77. The molecule has 0 radical (unpaired) electrons. The number of aromatic hydroxyl groups is 1. The minimum absolute atomic E-state index is 0.0277. The van der Waals surface area contributed by atoms with Gasteiger partial charge in [-0.15, -0.1) is 0 Å². The van der Waals surface area contributed by atoms with Crippen molar-refractivity contribution in [1.29, 1.82) is 0 Å². The van der Waals surface area contributed by atoms with Crippen molar-refractivity contribution in [3.63, 3.8) is 0 Å². The van der Waals surface area contributed by atoms with Crippen LogP contribution in [0.2, 0.25) is 0 Å². The number of carbonyl (C=O) groups is 1. The van der Waals surface area contributed by atoms with Crippen LogP contribution >= 0.6 is 0 Å². The van der Waals surface area contributed by atoms with Gasteiger partial charge < -0.3 is 14.7 Å². The summed E-state index contributed by atoms with van der Waals surface area (Å²) in [7, 11) is 0. The van der Waals surface area contributed by atoms with Gasteiger partial charge >= 0.3 is 6.09 Å². The number of hydrogen-bond acceptors (Lipinski definition) is 3. The molecule has 0 saturated carbocycles. The molecule has 0 bridgehead atoms. The zero-order valence-corrected chi connectivity index (χ0v) is 19.6. The Balaban J connectivity index is 1.98. The molecule has 1 aliphatic heterocycles. The lowest BCUT2D eigenvalue weighted by atomic mass is 9.73. The number of amides is 1. The highest BCUT2D eigenvalue weighted by molar-refractivity contribution is 5.72. The van der Waals surface area contributed by atoms with E-state index in [4.69, 9.17) is 4.74 Å². The molecule has 0 aromatic heterocycles. The second-order valence-corrected chi connectivity index (χ2v) is 9.43. The SMILES string of the molecule is C=C(C)[C@@H]1CCC(C)=C[C@H]1c1c(O)cc(CCCCC)cc1OC(=O)N1CCCCC1. The molecule has 1 N–H and O–H groups in total. The molecular formula is C27H39NO3. The fourth-order valence-corrected chi connectivity index (χ4v) is 4.95. The largest absolute Gasteiger partial charge is 0.507 e. The first-order chi connectivity index (χ1) is 14.9. The Hall–Kier alpha value is -2.23. The van der Waals surface area contributed by atoms with E-state index in [9.17, 15) is 9.90 Å². The zero-order valence-electron chi connectivity index (χ0n) is 19.6. The Labute approximate surface area is 188 Å². The number of hydrogen-bond donors (Lipinski definition) is 1. The Morgan fingerprint density at radius 2 is 1.97 bits per heavy atom. The molecule has 1 aromatic rings. The molecule has 3 rings (SSSR count). The molecular weight excluding hydrogens is 386 g/mol. The van der Waals surface area contributed by atoms with Crippen molar-refractivity contribution in [3.8, 4) is 11.5 Å². The van der Waals surface area contributed by atoms with Gasteiger partial charge in [-0.05, 0) is 82.4 Å². The van der Waals surface area contributed by atoms with E-state index < -0.39 is 0 Å². The van der Waals surface area contributed by atoms with Crippen LogP contribution in [0.15, 0.2) is 35.9 Å². The first-order valence-corrected chi connectivity index (χ1v) is 12.1. The van der Waals surface area contributed by atoms with E-state index in [0.717, 1.165) is 87.6 Å². The summed E-state index contributed by atoms with van der Waals surface area (Å²) in [6.07, 6.45) is 11.4. The average Bonchev–Trinajstić information content (AvgIpc) is 2.74. The van der Waals surface area contributed by atoms with Gasteiger partial charge in [-0.3, -0.25) is 0 Å². The molecule has 1 aromatic carbocycles. The Bertz CT molecular complexity index is 820. The van der Waals surface area contributed by atoms with Crippen molar-refractivity contribution in [1.82, 2.24) is 4.90 Å². The van der Waals surface area contributed by atoms with Crippen LogP contribution in [-0.2, 0) is 6.42 Å².